The van der Waals surface area contributed by atoms with Crippen LogP contribution in [0, 0.1) is 5.92 Å². The lowest BCUT2D eigenvalue weighted by Gasteiger charge is -2.15. The average molecular weight is 173 g/mol. The van der Waals surface area contributed by atoms with Gasteiger partial charge in [-0.1, -0.05) is 13.0 Å². The fourth-order valence-electron chi connectivity index (χ4n) is 0.698. The van der Waals surface area contributed by atoms with E-state index >= 15 is 0 Å². The van der Waals surface area contributed by atoms with Crippen LogP contribution in [0.3, 0.4) is 0 Å². The van der Waals surface area contributed by atoms with Gasteiger partial charge < -0.3 is 14.7 Å². The molecule has 0 fully saturated rings. The Morgan fingerprint density at radius 2 is 2.17 bits per heavy atom. The Bertz CT molecular complexity index is 136. The van der Waals surface area contributed by atoms with Gasteiger partial charge >= 0.3 is 0 Å². The van der Waals surface area contributed by atoms with Crippen LogP contribution >= 0.6 is 0 Å². The highest BCUT2D eigenvalue weighted by atomic mass is 16.6. The first-order valence-electron chi connectivity index (χ1n) is 4.21. The second kappa shape index (κ2) is 6.03. The van der Waals surface area contributed by atoms with Gasteiger partial charge in [-0.3, -0.25) is 0 Å². The maximum absolute atomic E-state index is 9.22. The zero-order chi connectivity index (χ0) is 9.56. The molecule has 0 amide bonds. The van der Waals surface area contributed by atoms with Crippen molar-refractivity contribution in [3.63, 3.8) is 0 Å². The standard InChI is InChI=1S/C9H19NO2/c1-5-10(3)7-6-8(2)9(11)12-4/h6-9,11H,5H2,1-4H3/b7-6-. The number of rotatable bonds is 5. The predicted molar refractivity (Wildman–Crippen MR) is 49.6 cm³/mol. The Morgan fingerprint density at radius 3 is 2.58 bits per heavy atom. The third-order valence-corrected chi connectivity index (χ3v) is 1.83. The Kier molecular flexibility index (Phi) is 5.76. The molecule has 0 aliphatic rings. The maximum Gasteiger partial charge on any atom is 0.160 e. The Morgan fingerprint density at radius 1 is 1.58 bits per heavy atom. The number of nitrogens with zero attached hydrogens (tertiary/aromatic N) is 1. The molecule has 1 N–H and O–H groups in total. The van der Waals surface area contributed by atoms with Gasteiger partial charge in [0.05, 0.1) is 0 Å². The molecule has 0 radical (unpaired) electrons. The molecule has 0 saturated carbocycles. The van der Waals surface area contributed by atoms with Crippen molar-refractivity contribution in [2.24, 2.45) is 5.92 Å². The molecule has 12 heavy (non-hydrogen) atoms. The highest BCUT2D eigenvalue weighted by Crippen LogP contribution is 2.05. The zero-order valence-electron chi connectivity index (χ0n) is 8.32. The summed E-state index contributed by atoms with van der Waals surface area (Å²) in [5.74, 6) is 0.0315. The zero-order valence-corrected chi connectivity index (χ0v) is 8.32. The van der Waals surface area contributed by atoms with Crippen molar-refractivity contribution in [2.75, 3.05) is 20.7 Å². The molecule has 72 valence electrons. The summed E-state index contributed by atoms with van der Waals surface area (Å²) < 4.78 is 4.76. The van der Waals surface area contributed by atoms with Crippen LogP contribution in [0.4, 0.5) is 0 Å². The highest BCUT2D eigenvalue weighted by Gasteiger charge is 2.08. The second-order valence-corrected chi connectivity index (χ2v) is 2.90. The van der Waals surface area contributed by atoms with E-state index in [0.29, 0.717) is 0 Å². The normalized spacial score (nSPS) is 16.4. The lowest BCUT2D eigenvalue weighted by molar-refractivity contribution is -0.0962. The molecular formula is C9H19NO2. The SMILES string of the molecule is CCN(C)/C=C\C(C)C(O)OC. The average Bonchev–Trinajstić information content (AvgIpc) is 2.11. The van der Waals surface area contributed by atoms with Gasteiger partial charge in [-0.25, -0.2) is 0 Å². The van der Waals surface area contributed by atoms with Crippen LogP contribution in [0.1, 0.15) is 13.8 Å². The second-order valence-electron chi connectivity index (χ2n) is 2.90. The van der Waals surface area contributed by atoms with Crippen molar-refractivity contribution in [2.45, 2.75) is 20.1 Å². The number of aliphatic hydroxyl groups excluding tert-OH is 1. The summed E-state index contributed by atoms with van der Waals surface area (Å²) in [5.41, 5.74) is 0. The summed E-state index contributed by atoms with van der Waals surface area (Å²) >= 11 is 0. The van der Waals surface area contributed by atoms with E-state index in [2.05, 4.69) is 6.92 Å². The molecule has 2 unspecified atom stereocenters. The Labute approximate surface area is 74.6 Å². The molecule has 2 atom stereocenters. The van der Waals surface area contributed by atoms with E-state index in [1.807, 2.05) is 31.1 Å². The van der Waals surface area contributed by atoms with E-state index in [9.17, 15) is 5.11 Å². The molecule has 0 bridgehead atoms. The fraction of sp³-hybridized carbons (Fsp3) is 0.778. The van der Waals surface area contributed by atoms with Crippen molar-refractivity contribution < 1.29 is 9.84 Å². The first-order chi connectivity index (χ1) is 5.61. The quantitative estimate of drug-likeness (QED) is 0.631. The third-order valence-electron chi connectivity index (χ3n) is 1.83. The van der Waals surface area contributed by atoms with E-state index < -0.39 is 6.29 Å². The largest absolute Gasteiger partial charge is 0.381 e. The molecule has 0 heterocycles. The van der Waals surface area contributed by atoms with Crippen LogP contribution in [0.15, 0.2) is 12.3 Å². The van der Waals surface area contributed by atoms with Crippen LogP contribution < -0.4 is 0 Å². The first-order valence-corrected chi connectivity index (χ1v) is 4.21. The summed E-state index contributed by atoms with van der Waals surface area (Å²) in [6, 6.07) is 0. The monoisotopic (exact) mass is 173 g/mol. The minimum absolute atomic E-state index is 0.0315. The van der Waals surface area contributed by atoms with Crippen molar-refractivity contribution in [1.82, 2.24) is 4.90 Å². The van der Waals surface area contributed by atoms with E-state index in [1.54, 1.807) is 0 Å². The van der Waals surface area contributed by atoms with Crippen molar-refractivity contribution >= 4 is 0 Å². The van der Waals surface area contributed by atoms with Gasteiger partial charge in [0.25, 0.3) is 0 Å². The van der Waals surface area contributed by atoms with Crippen LogP contribution in [-0.2, 0) is 4.74 Å². The Hall–Kier alpha value is -0.540. The minimum Gasteiger partial charge on any atom is -0.381 e. The van der Waals surface area contributed by atoms with Gasteiger partial charge in [0, 0.05) is 26.6 Å². The van der Waals surface area contributed by atoms with Crippen molar-refractivity contribution in [3.05, 3.63) is 12.3 Å². The molecular weight excluding hydrogens is 154 g/mol. The summed E-state index contributed by atoms with van der Waals surface area (Å²) in [6.07, 6.45) is 3.18. The van der Waals surface area contributed by atoms with Gasteiger partial charge in [-0.2, -0.15) is 0 Å². The highest BCUT2D eigenvalue weighted by molar-refractivity contribution is 4.86. The van der Waals surface area contributed by atoms with E-state index in [-0.39, 0.29) is 5.92 Å². The number of hydrogen-bond acceptors (Lipinski definition) is 3. The van der Waals surface area contributed by atoms with E-state index in [4.69, 9.17) is 4.74 Å². The van der Waals surface area contributed by atoms with Gasteiger partial charge in [0.15, 0.2) is 6.29 Å². The van der Waals surface area contributed by atoms with Crippen LogP contribution in [0.25, 0.3) is 0 Å². The van der Waals surface area contributed by atoms with Crippen LogP contribution in [0.5, 0.6) is 0 Å². The third kappa shape index (κ3) is 4.36. The fourth-order valence-corrected chi connectivity index (χ4v) is 0.698. The van der Waals surface area contributed by atoms with Crippen molar-refractivity contribution in [3.8, 4) is 0 Å². The predicted octanol–water partition coefficient (Wildman–Crippen LogP) is 1.05. The van der Waals surface area contributed by atoms with Crippen LogP contribution in [-0.4, -0.2) is 37.0 Å². The number of aliphatic hydroxyl groups is 1. The summed E-state index contributed by atoms with van der Waals surface area (Å²) in [7, 11) is 3.49. The summed E-state index contributed by atoms with van der Waals surface area (Å²) in [6.45, 7) is 4.95. The lowest BCUT2D eigenvalue weighted by atomic mass is 10.2. The molecule has 3 nitrogen and oxygen atoms in total. The maximum atomic E-state index is 9.22. The van der Waals surface area contributed by atoms with E-state index in [0.717, 1.165) is 6.54 Å². The molecule has 0 aliphatic heterocycles. The lowest BCUT2D eigenvalue weighted by Crippen LogP contribution is -2.18. The molecule has 0 rings (SSSR count). The molecule has 0 aromatic heterocycles. The van der Waals surface area contributed by atoms with Crippen molar-refractivity contribution in [1.29, 1.82) is 0 Å². The van der Waals surface area contributed by atoms with E-state index in [1.165, 1.54) is 7.11 Å². The molecule has 0 spiro atoms. The minimum atomic E-state index is -0.702. The molecule has 0 aliphatic carbocycles. The number of ether oxygens (including phenoxy) is 1. The number of hydrogen-bond donors (Lipinski definition) is 1. The molecule has 0 aromatic rings. The summed E-state index contributed by atoms with van der Waals surface area (Å²) in [4.78, 5) is 2.04. The smallest absolute Gasteiger partial charge is 0.160 e. The van der Waals surface area contributed by atoms with Gasteiger partial charge in [0.2, 0.25) is 0 Å². The molecule has 0 saturated heterocycles. The van der Waals surface area contributed by atoms with Crippen LogP contribution in [0.2, 0.25) is 0 Å². The Balaban J connectivity index is 3.81. The number of methoxy groups -OCH3 is 1. The van der Waals surface area contributed by atoms with Gasteiger partial charge in [0.1, 0.15) is 0 Å². The molecule has 3 heteroatoms. The van der Waals surface area contributed by atoms with Gasteiger partial charge in [-0.05, 0) is 13.1 Å². The molecule has 0 aromatic carbocycles. The van der Waals surface area contributed by atoms with Gasteiger partial charge in [-0.15, -0.1) is 0 Å². The summed E-state index contributed by atoms with van der Waals surface area (Å²) in [5, 5.41) is 9.22. The first kappa shape index (κ1) is 11.5. The topological polar surface area (TPSA) is 32.7 Å².